The molecule has 0 radical (unpaired) electrons. The molecule has 0 unspecified atom stereocenters. The van der Waals surface area contributed by atoms with E-state index in [0.717, 1.165) is 11.8 Å². The van der Waals surface area contributed by atoms with E-state index in [4.69, 9.17) is 15.3 Å². The molecule has 1 atom stereocenters. The Morgan fingerprint density at radius 3 is 2.29 bits per heavy atom. The van der Waals surface area contributed by atoms with Crippen LogP contribution in [-0.2, 0) is 9.59 Å². The molecule has 0 rings (SSSR count). The molecule has 0 aliphatic heterocycles. The van der Waals surface area contributed by atoms with E-state index in [1.165, 1.54) is 0 Å². The van der Waals surface area contributed by atoms with Crippen LogP contribution in [0.25, 0.3) is 0 Å². The molecule has 0 saturated heterocycles. The average Bonchev–Trinajstić information content (AvgIpc) is 2.29. The normalized spacial score (nSPS) is 10.9. The van der Waals surface area contributed by atoms with E-state index >= 15 is 0 Å². The standard InChI is InChI=1S/C7H15NO3S.C3H4O2/c1-12-5-2-6(7(10)11)8-3-4-9;1-2-3(4)5/h6,8-9H,2-5H2,1H3,(H,10,11);2H,1H2,(H,4,5)/t6-;/m0./s1. The molecule has 17 heavy (non-hydrogen) atoms. The van der Waals surface area contributed by atoms with Gasteiger partial charge in [0.25, 0.3) is 0 Å². The van der Waals surface area contributed by atoms with Gasteiger partial charge in [-0.3, -0.25) is 4.79 Å². The van der Waals surface area contributed by atoms with Crippen LogP contribution >= 0.6 is 11.8 Å². The maximum atomic E-state index is 10.6. The SMILES string of the molecule is C=CC(=O)O.CSCC[C@H](NCCO)C(=O)O. The van der Waals surface area contributed by atoms with E-state index in [2.05, 4.69) is 11.9 Å². The summed E-state index contributed by atoms with van der Waals surface area (Å²) in [6.07, 6.45) is 3.36. The lowest BCUT2D eigenvalue weighted by Gasteiger charge is -2.12. The number of aliphatic carboxylic acids is 2. The van der Waals surface area contributed by atoms with Gasteiger partial charge in [-0.05, 0) is 18.4 Å². The number of aliphatic hydroxyl groups is 1. The van der Waals surface area contributed by atoms with Crippen molar-refractivity contribution in [2.45, 2.75) is 12.5 Å². The second kappa shape index (κ2) is 13.0. The number of nitrogens with one attached hydrogen (secondary N) is 1. The summed E-state index contributed by atoms with van der Waals surface area (Å²) in [4.78, 5) is 19.8. The fourth-order valence-electron chi connectivity index (χ4n) is 0.787. The lowest BCUT2D eigenvalue weighted by Crippen LogP contribution is -2.38. The van der Waals surface area contributed by atoms with Gasteiger partial charge in [-0.15, -0.1) is 0 Å². The highest BCUT2D eigenvalue weighted by molar-refractivity contribution is 7.98. The van der Waals surface area contributed by atoms with Gasteiger partial charge in [-0.1, -0.05) is 6.58 Å². The largest absolute Gasteiger partial charge is 0.480 e. The second-order valence-corrected chi connectivity index (χ2v) is 3.88. The summed E-state index contributed by atoms with van der Waals surface area (Å²) in [6, 6.07) is -0.524. The molecule has 0 spiro atoms. The first-order valence-electron chi connectivity index (χ1n) is 4.90. The summed E-state index contributed by atoms with van der Waals surface area (Å²) in [5.41, 5.74) is 0. The van der Waals surface area contributed by atoms with Crippen LogP contribution in [0.3, 0.4) is 0 Å². The first-order valence-corrected chi connectivity index (χ1v) is 6.30. The van der Waals surface area contributed by atoms with E-state index in [-0.39, 0.29) is 6.61 Å². The monoisotopic (exact) mass is 265 g/mol. The predicted octanol–water partition coefficient (Wildman–Crippen LogP) is 0.0316. The van der Waals surface area contributed by atoms with Gasteiger partial charge in [0.05, 0.1) is 6.61 Å². The molecule has 0 bridgehead atoms. The predicted molar refractivity (Wildman–Crippen MR) is 67.3 cm³/mol. The third-order valence-corrected chi connectivity index (χ3v) is 2.23. The number of carbonyl (C=O) groups is 2. The number of carboxylic acid groups (broad SMARTS) is 2. The Hall–Kier alpha value is -1.05. The third kappa shape index (κ3) is 14.9. The van der Waals surface area contributed by atoms with Gasteiger partial charge in [0.2, 0.25) is 0 Å². The van der Waals surface area contributed by atoms with Crippen LogP contribution in [-0.4, -0.2) is 58.5 Å². The van der Waals surface area contributed by atoms with Crippen molar-refractivity contribution in [1.29, 1.82) is 0 Å². The Kier molecular flexibility index (Phi) is 14.0. The van der Waals surface area contributed by atoms with Gasteiger partial charge < -0.3 is 20.6 Å². The summed E-state index contributed by atoms with van der Waals surface area (Å²) in [6.45, 7) is 3.27. The molecule has 7 heteroatoms. The number of aliphatic hydroxyl groups excluding tert-OH is 1. The molecular formula is C10H19NO5S. The number of carboxylic acids is 2. The van der Waals surface area contributed by atoms with Crippen molar-refractivity contribution in [3.05, 3.63) is 12.7 Å². The first-order chi connectivity index (χ1) is 7.99. The van der Waals surface area contributed by atoms with Crippen LogP contribution in [0.15, 0.2) is 12.7 Å². The van der Waals surface area contributed by atoms with Crippen LogP contribution in [0.5, 0.6) is 0 Å². The minimum atomic E-state index is -0.981. The first kappa shape index (κ1) is 18.3. The summed E-state index contributed by atoms with van der Waals surface area (Å²) in [7, 11) is 0. The molecule has 4 N–H and O–H groups in total. The molecule has 0 saturated carbocycles. The number of rotatable bonds is 8. The molecule has 0 aliphatic carbocycles. The van der Waals surface area contributed by atoms with Crippen LogP contribution in [0.1, 0.15) is 6.42 Å². The fraction of sp³-hybridized carbons (Fsp3) is 0.600. The van der Waals surface area contributed by atoms with Gasteiger partial charge in [0.1, 0.15) is 6.04 Å². The van der Waals surface area contributed by atoms with Crippen LogP contribution in [0.4, 0.5) is 0 Å². The van der Waals surface area contributed by atoms with Crippen molar-refractivity contribution in [2.75, 3.05) is 25.2 Å². The summed E-state index contributed by atoms with van der Waals surface area (Å²) >= 11 is 1.61. The Bertz CT molecular complexity index is 227. The highest BCUT2D eigenvalue weighted by Gasteiger charge is 2.14. The minimum absolute atomic E-state index is 0.0248. The molecule has 100 valence electrons. The molecule has 0 amide bonds. The van der Waals surface area contributed by atoms with Crippen molar-refractivity contribution in [3.8, 4) is 0 Å². The highest BCUT2D eigenvalue weighted by atomic mass is 32.2. The lowest BCUT2D eigenvalue weighted by molar-refractivity contribution is -0.139. The Labute approximate surface area is 105 Å². The molecule has 6 nitrogen and oxygen atoms in total. The third-order valence-electron chi connectivity index (χ3n) is 1.59. The highest BCUT2D eigenvalue weighted by Crippen LogP contribution is 2.00. The molecule has 0 aromatic carbocycles. The smallest absolute Gasteiger partial charge is 0.327 e. The average molecular weight is 265 g/mol. The quantitative estimate of drug-likeness (QED) is 0.459. The van der Waals surface area contributed by atoms with Crippen LogP contribution in [0, 0.1) is 0 Å². The van der Waals surface area contributed by atoms with E-state index in [9.17, 15) is 9.59 Å². The zero-order valence-corrected chi connectivity index (χ0v) is 10.6. The number of hydrogen-bond donors (Lipinski definition) is 4. The Morgan fingerprint density at radius 1 is 1.47 bits per heavy atom. The van der Waals surface area contributed by atoms with Gasteiger partial charge in [0, 0.05) is 12.6 Å². The van der Waals surface area contributed by atoms with Gasteiger partial charge in [0.15, 0.2) is 0 Å². The van der Waals surface area contributed by atoms with Crippen LogP contribution < -0.4 is 5.32 Å². The second-order valence-electron chi connectivity index (χ2n) is 2.89. The lowest BCUT2D eigenvalue weighted by atomic mass is 10.2. The Morgan fingerprint density at radius 2 is 2.00 bits per heavy atom. The van der Waals surface area contributed by atoms with Crippen molar-refractivity contribution < 1.29 is 24.9 Å². The van der Waals surface area contributed by atoms with Crippen molar-refractivity contribution >= 4 is 23.7 Å². The topological polar surface area (TPSA) is 107 Å². The van der Waals surface area contributed by atoms with E-state index in [1.807, 2.05) is 6.26 Å². The minimum Gasteiger partial charge on any atom is -0.480 e. The van der Waals surface area contributed by atoms with E-state index in [0.29, 0.717) is 13.0 Å². The summed E-state index contributed by atoms with van der Waals surface area (Å²) < 4.78 is 0. The molecule has 0 aromatic rings. The number of thioether (sulfide) groups is 1. The van der Waals surface area contributed by atoms with E-state index in [1.54, 1.807) is 11.8 Å². The fourth-order valence-corrected chi connectivity index (χ4v) is 1.26. The molecule has 0 aromatic heterocycles. The summed E-state index contributed by atoms with van der Waals surface area (Å²) in [5, 5.41) is 27.5. The van der Waals surface area contributed by atoms with Gasteiger partial charge in [-0.2, -0.15) is 11.8 Å². The summed E-state index contributed by atoms with van der Waals surface area (Å²) in [5.74, 6) is -1.02. The zero-order valence-electron chi connectivity index (χ0n) is 9.76. The molecule has 0 aliphatic rings. The molecule has 0 heterocycles. The number of hydrogen-bond acceptors (Lipinski definition) is 5. The maximum absolute atomic E-state index is 10.6. The van der Waals surface area contributed by atoms with Crippen molar-refractivity contribution in [2.24, 2.45) is 0 Å². The van der Waals surface area contributed by atoms with E-state index < -0.39 is 18.0 Å². The van der Waals surface area contributed by atoms with Crippen molar-refractivity contribution in [3.63, 3.8) is 0 Å². The van der Waals surface area contributed by atoms with Gasteiger partial charge in [-0.25, -0.2) is 4.79 Å². The molecule has 0 fully saturated rings. The Balaban J connectivity index is 0. The zero-order chi connectivity index (χ0) is 13.7. The maximum Gasteiger partial charge on any atom is 0.327 e. The van der Waals surface area contributed by atoms with Crippen LogP contribution in [0.2, 0.25) is 0 Å². The van der Waals surface area contributed by atoms with Gasteiger partial charge >= 0.3 is 11.9 Å². The van der Waals surface area contributed by atoms with Crippen molar-refractivity contribution in [1.82, 2.24) is 5.32 Å². The molecular weight excluding hydrogens is 246 g/mol.